The third-order valence-electron chi connectivity index (χ3n) is 19.3. The summed E-state index contributed by atoms with van der Waals surface area (Å²) < 4.78 is 74.7. The Morgan fingerprint density at radius 2 is 1.21 bits per heavy atom. The van der Waals surface area contributed by atoms with Crippen LogP contribution >= 0.6 is 0 Å². The molecule has 9 rings (SSSR count). The van der Waals surface area contributed by atoms with Gasteiger partial charge >= 0.3 is 5.97 Å². The first-order valence-electron chi connectivity index (χ1n) is 27.5. The molecular formula is C57H84O19. The van der Waals surface area contributed by atoms with E-state index in [0.29, 0.717) is 38.5 Å². The Hall–Kier alpha value is -2.80. The number of carbonyl (C=O) groups excluding carboxylic acids is 2. The van der Waals surface area contributed by atoms with Crippen LogP contribution in [0, 0.1) is 16.7 Å². The van der Waals surface area contributed by atoms with Crippen molar-refractivity contribution in [3.63, 3.8) is 0 Å². The first kappa shape index (κ1) is 57.9. The number of fused-ring (bicyclic) bond motifs is 5. The number of rotatable bonds is 15. The Morgan fingerprint density at radius 3 is 1.78 bits per heavy atom. The van der Waals surface area contributed by atoms with Crippen LogP contribution in [0.1, 0.15) is 125 Å². The Bertz CT molecular complexity index is 2240. The summed E-state index contributed by atoms with van der Waals surface area (Å²) in [5.74, 6) is -1.84. The number of esters is 1. The molecule has 7 fully saturated rings. The molecule has 0 spiro atoms. The maximum absolute atomic E-state index is 13.6. The number of benzene rings is 1. The van der Waals surface area contributed by atoms with Crippen LogP contribution in [0.15, 0.2) is 48.1 Å². The molecule has 5 N–H and O–H groups in total. The molecule has 4 aliphatic carbocycles. The van der Waals surface area contributed by atoms with Gasteiger partial charge in [-0.15, -0.1) is 0 Å². The summed E-state index contributed by atoms with van der Waals surface area (Å²) in [6.07, 6.45) is -3.15. The zero-order valence-corrected chi connectivity index (χ0v) is 45.8. The number of aliphatic hydroxyl groups excluding tert-OH is 2. The van der Waals surface area contributed by atoms with E-state index in [9.17, 15) is 35.1 Å². The average Bonchev–Trinajstić information content (AvgIpc) is 3.65. The van der Waals surface area contributed by atoms with Gasteiger partial charge in [-0.3, -0.25) is 4.79 Å². The Morgan fingerprint density at radius 1 is 0.671 bits per heavy atom. The number of Topliss-reactive ketones (excluding diaryl/α,β-unsaturated/α-hetero) is 1. The molecule has 1 aromatic rings. The zero-order chi connectivity index (χ0) is 54.7. The van der Waals surface area contributed by atoms with Crippen molar-refractivity contribution in [3.8, 4) is 0 Å². The molecule has 4 heterocycles. The molecule has 0 bridgehead atoms. The fourth-order valence-electron chi connectivity index (χ4n) is 14.8. The molecule has 4 aliphatic heterocycles. The van der Waals surface area contributed by atoms with Crippen molar-refractivity contribution < 1.29 is 92.0 Å². The van der Waals surface area contributed by atoms with E-state index in [4.69, 9.17) is 56.8 Å². The van der Waals surface area contributed by atoms with Gasteiger partial charge in [-0.25, -0.2) is 4.79 Å². The van der Waals surface area contributed by atoms with E-state index in [2.05, 4.69) is 6.92 Å². The third-order valence-corrected chi connectivity index (χ3v) is 19.3. The number of hydrogen-bond acceptors (Lipinski definition) is 19. The van der Waals surface area contributed by atoms with Gasteiger partial charge < -0.3 is 82.4 Å². The van der Waals surface area contributed by atoms with E-state index < -0.39 is 144 Å². The number of carbonyl (C=O) groups is 2. The number of aliphatic hydroxyl groups is 5. The monoisotopic (exact) mass is 1070 g/mol. The molecule has 0 amide bonds. The van der Waals surface area contributed by atoms with Crippen LogP contribution in [0.4, 0.5) is 0 Å². The predicted molar refractivity (Wildman–Crippen MR) is 271 cm³/mol. The second kappa shape index (κ2) is 22.6. The molecule has 19 nitrogen and oxygen atoms in total. The van der Waals surface area contributed by atoms with Crippen LogP contribution < -0.4 is 0 Å². The van der Waals surface area contributed by atoms with E-state index >= 15 is 0 Å². The summed E-state index contributed by atoms with van der Waals surface area (Å²) >= 11 is 0. The van der Waals surface area contributed by atoms with Gasteiger partial charge in [0.25, 0.3) is 0 Å². The van der Waals surface area contributed by atoms with Gasteiger partial charge in [0, 0.05) is 59.0 Å². The van der Waals surface area contributed by atoms with Gasteiger partial charge in [0.2, 0.25) is 0 Å². The molecular weight excluding hydrogens is 989 g/mol. The fourth-order valence-corrected chi connectivity index (χ4v) is 14.8. The smallest absolute Gasteiger partial charge is 0.331 e. The topological polar surface area (TPSA) is 246 Å². The highest BCUT2D eigenvalue weighted by Crippen LogP contribution is 2.71. The maximum atomic E-state index is 13.6. The predicted octanol–water partition coefficient (Wildman–Crippen LogP) is 4.58. The molecule has 3 saturated carbocycles. The van der Waals surface area contributed by atoms with E-state index in [0.717, 1.165) is 11.1 Å². The fraction of sp³-hybridized carbons (Fsp3) is 0.789. The number of hydrogen-bond donors (Lipinski definition) is 5. The Labute approximate surface area is 446 Å². The minimum atomic E-state index is -2.06. The molecule has 76 heavy (non-hydrogen) atoms. The van der Waals surface area contributed by atoms with Gasteiger partial charge in [0.15, 0.2) is 30.9 Å². The standard InChI is InChI=1S/C57H84O19/c1-30-49(61)39(65-8)26-46(68-30)75-51-33(4)71-48(28-41(51)67-10)76-52-32(3)70-47(27-40(52)66-9)74-50-31(2)69-45(25-38(50)59)72-37-19-20-53(6)36(24-37)18-21-56(63)42(53)29-43(73-44(60)17-16-35-14-12-11-13-15-35)54(7)55(62,34(5)58)22-23-57(54,56)64/h11-18,30-33,37-43,45-52,59,61-64H,19-29H2,1-10H3/b17-16+/t30-,31+,32-,33+,37-,38-,39+,40-,41-,42+,43+,45-,46-,47-,48-,49-,50+,51+,52+,53-,54+,55+,56-,57-/m0/s1. The molecule has 8 aliphatic rings. The Kier molecular flexibility index (Phi) is 17.2. The van der Waals surface area contributed by atoms with Crippen molar-refractivity contribution in [1.82, 2.24) is 0 Å². The van der Waals surface area contributed by atoms with Crippen molar-refractivity contribution in [2.24, 2.45) is 16.7 Å². The van der Waals surface area contributed by atoms with Crippen LogP contribution in [0.2, 0.25) is 0 Å². The molecule has 426 valence electrons. The van der Waals surface area contributed by atoms with Crippen molar-refractivity contribution in [2.75, 3.05) is 21.3 Å². The SMILES string of the molecule is CO[C@H]1C[C@H](O[C@H]2[C@@H](O)C[C@H](O[C@H]3CC[C@@]4(C)C(=CC[C@]5(O)[C@@H]4C[C@@H](OC(=O)/C=C/c4ccccc4)[C@@]4(C)[C@@]5(O)CC[C@@]4(O)C(C)=O)C3)O[C@@H]2C)O[C@@H](C)[C@H]1O[C@H]1C[C@H](OC)[C@H](O[C@H]2C[C@@H](OC)[C@@H](O)[C@H](C)O2)[C@@H](C)O1. The van der Waals surface area contributed by atoms with Crippen LogP contribution in [0.25, 0.3) is 6.08 Å². The number of methoxy groups -OCH3 is 3. The minimum Gasteiger partial charge on any atom is -0.458 e. The van der Waals surface area contributed by atoms with Crippen molar-refractivity contribution in [2.45, 2.75) is 247 Å². The quantitative estimate of drug-likeness (QED) is 0.0917. The third kappa shape index (κ3) is 10.3. The zero-order valence-electron chi connectivity index (χ0n) is 45.8. The van der Waals surface area contributed by atoms with Gasteiger partial charge in [-0.1, -0.05) is 48.9 Å². The largest absolute Gasteiger partial charge is 0.458 e. The summed E-state index contributed by atoms with van der Waals surface area (Å²) in [6, 6.07) is 9.27. The highest BCUT2D eigenvalue weighted by Gasteiger charge is 2.81. The molecule has 4 saturated heterocycles. The highest BCUT2D eigenvalue weighted by atomic mass is 16.8. The van der Waals surface area contributed by atoms with Gasteiger partial charge in [0.05, 0.1) is 60.4 Å². The molecule has 24 atom stereocenters. The summed E-state index contributed by atoms with van der Waals surface area (Å²) in [5.41, 5.74) is -6.35. The number of ketones is 1. The Balaban J connectivity index is 0.798. The summed E-state index contributed by atoms with van der Waals surface area (Å²) in [4.78, 5) is 26.9. The highest BCUT2D eigenvalue weighted by molar-refractivity contribution is 5.88. The lowest BCUT2D eigenvalue weighted by Gasteiger charge is -2.67. The van der Waals surface area contributed by atoms with Crippen molar-refractivity contribution >= 4 is 17.8 Å². The normalized spacial score (nSPS) is 48.6. The van der Waals surface area contributed by atoms with Crippen LogP contribution in [-0.2, 0) is 66.4 Å². The second-order valence-corrected chi connectivity index (χ2v) is 23.4. The molecule has 0 radical (unpaired) electrons. The van der Waals surface area contributed by atoms with E-state index in [-0.39, 0.29) is 44.3 Å². The van der Waals surface area contributed by atoms with Crippen LogP contribution in [0.3, 0.4) is 0 Å². The van der Waals surface area contributed by atoms with Gasteiger partial charge in [0.1, 0.15) is 47.3 Å². The first-order chi connectivity index (χ1) is 36.0. The summed E-state index contributed by atoms with van der Waals surface area (Å²) in [7, 11) is 4.78. The van der Waals surface area contributed by atoms with Gasteiger partial charge in [-0.2, -0.15) is 0 Å². The maximum Gasteiger partial charge on any atom is 0.331 e. The van der Waals surface area contributed by atoms with Crippen LogP contribution in [0.5, 0.6) is 0 Å². The van der Waals surface area contributed by atoms with E-state index in [1.54, 1.807) is 41.3 Å². The van der Waals surface area contributed by atoms with Gasteiger partial charge in [-0.05, 0) is 104 Å². The van der Waals surface area contributed by atoms with E-state index in [1.807, 2.05) is 57.2 Å². The summed E-state index contributed by atoms with van der Waals surface area (Å²) in [5, 5.41) is 60.1. The molecule has 19 heteroatoms. The second-order valence-electron chi connectivity index (χ2n) is 23.4. The first-order valence-corrected chi connectivity index (χ1v) is 27.5. The minimum absolute atomic E-state index is 0.0615. The summed E-state index contributed by atoms with van der Waals surface area (Å²) in [6.45, 7) is 12.3. The van der Waals surface area contributed by atoms with E-state index in [1.165, 1.54) is 13.0 Å². The average molecular weight is 1070 g/mol. The molecule has 0 aromatic heterocycles. The van der Waals surface area contributed by atoms with Crippen molar-refractivity contribution in [1.29, 1.82) is 0 Å². The molecule has 1 aromatic carbocycles. The lowest BCUT2D eigenvalue weighted by Crippen LogP contribution is -2.78. The number of ether oxygens (including phenoxy) is 12. The van der Waals surface area contributed by atoms with Crippen LogP contribution in [-0.4, -0.2) is 186 Å². The molecule has 0 unspecified atom stereocenters. The van der Waals surface area contributed by atoms with Crippen molar-refractivity contribution in [3.05, 3.63) is 53.6 Å². The lowest BCUT2D eigenvalue weighted by molar-refractivity contribution is -0.346. The lowest BCUT2D eigenvalue weighted by atomic mass is 9.42.